The molecule has 14 heteroatoms. The van der Waals surface area contributed by atoms with Gasteiger partial charge in [0.25, 0.3) is 11.8 Å². The molecule has 2 unspecified atom stereocenters. The van der Waals surface area contributed by atoms with Gasteiger partial charge in [0, 0.05) is 41.2 Å². The number of rotatable bonds is 4. The average molecular weight is 678 g/mol. The second kappa shape index (κ2) is 10.3. The number of aryl methyl sites for hydroxylation is 1. The van der Waals surface area contributed by atoms with E-state index in [0.29, 0.717) is 29.5 Å². The number of hydrogen-bond donors (Lipinski definition) is 0. The summed E-state index contributed by atoms with van der Waals surface area (Å²) in [4.78, 5) is 41.7. The van der Waals surface area contributed by atoms with Gasteiger partial charge in [-0.1, -0.05) is 18.2 Å². The van der Waals surface area contributed by atoms with Gasteiger partial charge in [0.05, 0.1) is 24.8 Å². The minimum atomic E-state index is -3.45. The molecule has 1 fully saturated rings. The molecule has 4 aromatic rings. The lowest BCUT2D eigenvalue weighted by Crippen LogP contribution is -2.66. The number of amides is 1. The van der Waals surface area contributed by atoms with Crippen LogP contribution in [0.15, 0.2) is 65.9 Å². The van der Waals surface area contributed by atoms with Crippen molar-refractivity contribution in [1.29, 1.82) is 0 Å². The van der Waals surface area contributed by atoms with Gasteiger partial charge < -0.3 is 23.2 Å². The normalized spacial score (nSPS) is 21.8. The number of pyridine rings is 1. The quantitative estimate of drug-likeness (QED) is 0.283. The third-order valence-corrected chi connectivity index (χ3v) is 10.8. The van der Waals surface area contributed by atoms with Crippen LogP contribution in [-0.2, 0) is 23.7 Å². The van der Waals surface area contributed by atoms with Gasteiger partial charge in [0.2, 0.25) is 5.43 Å². The van der Waals surface area contributed by atoms with E-state index in [1.165, 1.54) is 35.2 Å². The second-order valence-corrected chi connectivity index (χ2v) is 13.3. The number of allylic oxidation sites excluding steroid dienone is 3. The van der Waals surface area contributed by atoms with E-state index in [1.807, 2.05) is 17.2 Å². The fraction of sp³-hybridized carbons (Fsp3) is 0.324. The molecule has 2 aliphatic heterocycles. The van der Waals surface area contributed by atoms with Gasteiger partial charge in [-0.25, -0.2) is 18.0 Å². The van der Waals surface area contributed by atoms with Crippen LogP contribution in [0.5, 0.6) is 5.75 Å². The minimum Gasteiger partial charge on any atom is -0.479 e. The van der Waals surface area contributed by atoms with Gasteiger partial charge in [-0.05, 0) is 53.5 Å². The van der Waals surface area contributed by atoms with Crippen molar-refractivity contribution in [3.8, 4) is 16.9 Å². The Labute approximate surface area is 273 Å². The Kier molecular flexibility index (Phi) is 6.32. The molecule has 1 aromatic carbocycles. The van der Waals surface area contributed by atoms with E-state index in [0.717, 1.165) is 22.1 Å². The Bertz CT molecular complexity index is 2250. The largest absolute Gasteiger partial charge is 0.519 e. The Hall–Kier alpha value is -4.82. The molecule has 0 spiro atoms. The van der Waals surface area contributed by atoms with E-state index in [-0.39, 0.29) is 54.9 Å². The molecule has 0 saturated carbocycles. The van der Waals surface area contributed by atoms with Gasteiger partial charge in [0.15, 0.2) is 23.0 Å². The maximum atomic E-state index is 15.9. The van der Waals surface area contributed by atoms with Crippen LogP contribution in [-0.4, -0.2) is 41.4 Å². The number of aromatic nitrogens is 1. The van der Waals surface area contributed by atoms with Crippen LogP contribution >= 0.6 is 11.3 Å². The summed E-state index contributed by atoms with van der Waals surface area (Å²) in [6, 6.07) is 3.15. The molecule has 5 heterocycles. The van der Waals surface area contributed by atoms with Crippen LogP contribution < -0.4 is 21.0 Å². The zero-order valence-electron chi connectivity index (χ0n) is 25.4. The lowest BCUT2D eigenvalue weighted by Gasteiger charge is -2.52. The maximum Gasteiger partial charge on any atom is 0.519 e. The maximum absolute atomic E-state index is 15.9. The number of fused-ring (bicyclic) bond motifs is 3. The number of alkyl halides is 2. The highest BCUT2D eigenvalue weighted by atomic mass is 32.1. The average Bonchev–Trinajstić information content (AvgIpc) is 3.59. The molecule has 0 bridgehead atoms. The zero-order valence-corrected chi connectivity index (χ0v) is 26.2. The second-order valence-electron chi connectivity index (χ2n) is 12.4. The Morgan fingerprint density at radius 2 is 1.98 bits per heavy atom. The van der Waals surface area contributed by atoms with Crippen LogP contribution in [0.2, 0.25) is 0 Å². The standard InChI is InChI=1S/C34H26F3N3O7S/c1-16-23(47-33(43)46-16)13-45-30-22(41)8-9-39-29(30)32(42)38-10-11-44-14-24(38)40(39)28-18-4-2-3-5-19(18)31-25-17(15-48-31)12-34(36,37)27-21(35)7-6-20(28)26(25)27/h3,5-9,15,24,28H,2,4,10-14H2,1H3. The third-order valence-electron chi connectivity index (χ3n) is 9.77. The van der Waals surface area contributed by atoms with Crippen molar-refractivity contribution in [3.63, 3.8) is 0 Å². The number of halogens is 3. The van der Waals surface area contributed by atoms with Crippen molar-refractivity contribution < 1.29 is 36.3 Å². The molecule has 3 aromatic heterocycles. The number of nitrogens with zero attached hydrogens (tertiary/aromatic N) is 3. The Balaban J connectivity index is 1.31. The summed E-state index contributed by atoms with van der Waals surface area (Å²) in [5.74, 6) is -5.90. The molecule has 5 aliphatic rings. The number of ether oxygens (including phenoxy) is 2. The van der Waals surface area contributed by atoms with Crippen molar-refractivity contribution in [3.05, 3.63) is 113 Å². The van der Waals surface area contributed by atoms with E-state index in [9.17, 15) is 14.4 Å². The first-order chi connectivity index (χ1) is 23.1. The monoisotopic (exact) mass is 677 g/mol. The molecule has 3 aliphatic carbocycles. The fourth-order valence-corrected chi connectivity index (χ4v) is 8.89. The number of carbonyl (C=O) groups excluding carboxylic acids is 1. The van der Waals surface area contributed by atoms with Gasteiger partial charge >= 0.3 is 5.82 Å². The third kappa shape index (κ3) is 4.05. The topological polar surface area (TPSA) is 107 Å². The van der Waals surface area contributed by atoms with E-state index < -0.39 is 53.1 Å². The zero-order chi connectivity index (χ0) is 33.1. The summed E-state index contributed by atoms with van der Waals surface area (Å²) in [6.45, 7) is 1.66. The van der Waals surface area contributed by atoms with E-state index in [1.54, 1.807) is 16.3 Å². The smallest absolute Gasteiger partial charge is 0.479 e. The molecule has 1 saturated heterocycles. The summed E-state index contributed by atoms with van der Waals surface area (Å²) in [5, 5.41) is 3.61. The molecule has 2 atom stereocenters. The van der Waals surface area contributed by atoms with Gasteiger partial charge in [-0.3, -0.25) is 19.3 Å². The van der Waals surface area contributed by atoms with Crippen molar-refractivity contribution in [2.45, 2.75) is 50.9 Å². The molecular formula is C34H26F3N3O7S. The SMILES string of the molecule is Cc1oc(=O)oc1COc1c2n(ccc1=O)N(C1C3=C(C=CCC3)c3scc4c3-c3c1ccc(F)c3C(F)(F)C4)C1COCCN1C2=O. The first-order valence-corrected chi connectivity index (χ1v) is 16.4. The molecular weight excluding hydrogens is 651 g/mol. The first kappa shape index (κ1) is 29.3. The van der Waals surface area contributed by atoms with Crippen molar-refractivity contribution >= 4 is 22.8 Å². The van der Waals surface area contributed by atoms with Crippen molar-refractivity contribution in [2.24, 2.45) is 0 Å². The number of benzene rings is 1. The molecule has 0 N–H and O–H groups in total. The van der Waals surface area contributed by atoms with Crippen molar-refractivity contribution in [2.75, 3.05) is 24.8 Å². The molecule has 0 radical (unpaired) electrons. The highest BCUT2D eigenvalue weighted by molar-refractivity contribution is 7.12. The number of morpholine rings is 1. The highest BCUT2D eigenvalue weighted by Gasteiger charge is 2.51. The molecule has 246 valence electrons. The highest BCUT2D eigenvalue weighted by Crippen LogP contribution is 2.58. The van der Waals surface area contributed by atoms with Crippen LogP contribution in [0, 0.1) is 12.7 Å². The van der Waals surface area contributed by atoms with Gasteiger partial charge in [-0.15, -0.1) is 11.3 Å². The Morgan fingerprint density at radius 1 is 1.12 bits per heavy atom. The van der Waals surface area contributed by atoms with Crippen LogP contribution in [0.3, 0.4) is 0 Å². The molecule has 10 nitrogen and oxygen atoms in total. The van der Waals surface area contributed by atoms with E-state index in [2.05, 4.69) is 0 Å². The van der Waals surface area contributed by atoms with Gasteiger partial charge in [0.1, 0.15) is 18.6 Å². The predicted octanol–water partition coefficient (Wildman–Crippen LogP) is 5.41. The fourth-order valence-electron chi connectivity index (χ4n) is 7.75. The predicted molar refractivity (Wildman–Crippen MR) is 166 cm³/mol. The summed E-state index contributed by atoms with van der Waals surface area (Å²) in [6.07, 6.45) is 5.44. The van der Waals surface area contributed by atoms with Crippen molar-refractivity contribution in [1.82, 2.24) is 9.58 Å². The van der Waals surface area contributed by atoms with Crippen LogP contribution in [0.1, 0.15) is 62.5 Å². The minimum absolute atomic E-state index is 0.0553. The lowest BCUT2D eigenvalue weighted by molar-refractivity contribution is -0.0201. The summed E-state index contributed by atoms with van der Waals surface area (Å²) >= 11 is 1.37. The van der Waals surface area contributed by atoms with Crippen LogP contribution in [0.25, 0.3) is 16.7 Å². The Morgan fingerprint density at radius 3 is 2.79 bits per heavy atom. The number of thiophene rings is 1. The molecule has 9 rings (SSSR count). The molecule has 1 amide bonds. The van der Waals surface area contributed by atoms with Gasteiger partial charge in [-0.2, -0.15) is 0 Å². The first-order valence-electron chi connectivity index (χ1n) is 15.5. The summed E-state index contributed by atoms with van der Waals surface area (Å²) < 4.78 is 70.7. The molecule has 48 heavy (non-hydrogen) atoms. The lowest BCUT2D eigenvalue weighted by atomic mass is 9.80. The number of carbonyl (C=O) groups is 1. The van der Waals surface area contributed by atoms with Crippen LogP contribution in [0.4, 0.5) is 13.2 Å². The summed E-state index contributed by atoms with van der Waals surface area (Å²) in [5.41, 5.74) is 2.18. The number of hydrogen-bond acceptors (Lipinski definition) is 9. The van der Waals surface area contributed by atoms with E-state index in [4.69, 9.17) is 18.3 Å². The van der Waals surface area contributed by atoms with E-state index >= 15 is 13.2 Å². The summed E-state index contributed by atoms with van der Waals surface area (Å²) in [7, 11) is 0.